The summed E-state index contributed by atoms with van der Waals surface area (Å²) < 4.78 is 12.2. The van der Waals surface area contributed by atoms with Crippen LogP contribution in [0.2, 0.25) is 0 Å². The highest BCUT2D eigenvalue weighted by Crippen LogP contribution is 2.38. The maximum absolute atomic E-state index is 6.11. The normalized spacial score (nSPS) is 11.5. The van der Waals surface area contributed by atoms with E-state index in [-0.39, 0.29) is 0 Å². The van der Waals surface area contributed by atoms with Crippen LogP contribution in [0.1, 0.15) is 0 Å². The Morgan fingerprint density at radius 2 is 0.353 bits per heavy atom. The highest BCUT2D eigenvalue weighted by atomic mass is 16.3. The lowest BCUT2D eigenvalue weighted by Crippen LogP contribution is -1.86. The van der Waals surface area contributed by atoms with Gasteiger partial charge in [0.2, 0.25) is 0 Å². The summed E-state index contributed by atoms with van der Waals surface area (Å²) in [5.41, 5.74) is 22.6. The summed E-state index contributed by atoms with van der Waals surface area (Å²) in [5.74, 6) is 0. The first-order valence-electron chi connectivity index (χ1n) is 23.2. The molecular weight excluding hydrogens is 825 g/mol. The number of fused-ring (bicyclic) bond motifs is 6. The Morgan fingerprint density at radius 1 is 0.147 bits per heavy atom. The molecule has 68 heavy (non-hydrogen) atoms. The van der Waals surface area contributed by atoms with E-state index in [1.807, 2.05) is 24.3 Å². The molecule has 0 spiro atoms. The van der Waals surface area contributed by atoms with Crippen LogP contribution in [-0.2, 0) is 0 Å². The van der Waals surface area contributed by atoms with Crippen LogP contribution in [0.25, 0.3) is 133 Å². The molecule has 0 saturated carbocycles. The molecule has 0 fully saturated rings. The van der Waals surface area contributed by atoms with Gasteiger partial charge in [0.05, 0.1) is 0 Å². The Kier molecular flexibility index (Phi) is 9.54. The fraction of sp³-hybridized carbons (Fsp3) is 0. The molecule has 318 valence electrons. The van der Waals surface area contributed by atoms with E-state index in [1.165, 1.54) is 89.0 Å². The second kappa shape index (κ2) is 16.5. The third kappa shape index (κ3) is 7.26. The quantitative estimate of drug-likeness (QED) is 0.152. The SMILES string of the molecule is c1cc(-c2cccc(-c3cccc(-c4cccc(-c5ccc6oc7ccccc7c6c5)c4)c3)c2)cc(-c2cccc(-c3cccc(-c4cccc(-c5ccc6oc7ccccc7c6c5)c4)c3)c2)c1. The Balaban J connectivity index is 0.759. The second-order valence-corrected chi connectivity index (χ2v) is 17.7. The summed E-state index contributed by atoms with van der Waals surface area (Å²) in [6.45, 7) is 0. The summed E-state index contributed by atoms with van der Waals surface area (Å²) in [5, 5.41) is 4.56. The fourth-order valence-corrected chi connectivity index (χ4v) is 9.96. The molecule has 0 aliphatic heterocycles. The van der Waals surface area contributed by atoms with E-state index in [0.717, 1.165) is 43.9 Å². The summed E-state index contributed by atoms with van der Waals surface area (Å²) in [7, 11) is 0. The van der Waals surface area contributed by atoms with Crippen molar-refractivity contribution in [3.8, 4) is 89.0 Å². The minimum absolute atomic E-state index is 0.910. The van der Waals surface area contributed by atoms with E-state index in [1.54, 1.807) is 0 Å². The van der Waals surface area contributed by atoms with Gasteiger partial charge in [-0.15, -0.1) is 0 Å². The largest absolute Gasteiger partial charge is 0.456 e. The molecule has 0 unspecified atom stereocenters. The van der Waals surface area contributed by atoms with E-state index < -0.39 is 0 Å². The Hall–Kier alpha value is -8.98. The Morgan fingerprint density at radius 3 is 0.603 bits per heavy atom. The van der Waals surface area contributed by atoms with E-state index in [4.69, 9.17) is 8.83 Å². The standard InChI is InChI=1S/C66H42O2/c1-3-28-63-59(26-1)61-41-57(30-32-65(61)67-63)55-24-10-22-53(39-55)51-20-8-18-49(37-51)47-16-6-14-45(35-47)43-12-5-13-44(34-43)46-15-7-17-48(36-46)50-19-9-21-52(38-50)54-23-11-25-56(40-54)58-31-33-66-62(42-58)60-27-2-4-29-64(60)68-66/h1-42H. The second-order valence-electron chi connectivity index (χ2n) is 17.7. The van der Waals surface area contributed by atoms with Crippen LogP contribution in [0.3, 0.4) is 0 Å². The van der Waals surface area contributed by atoms with Crippen molar-refractivity contribution in [3.05, 3.63) is 255 Å². The van der Waals surface area contributed by atoms with Crippen LogP contribution in [0, 0.1) is 0 Å². The molecule has 0 saturated heterocycles. The monoisotopic (exact) mass is 866 g/mol. The highest BCUT2D eigenvalue weighted by molar-refractivity contribution is 6.07. The van der Waals surface area contributed by atoms with Gasteiger partial charge in [-0.1, -0.05) is 176 Å². The van der Waals surface area contributed by atoms with Gasteiger partial charge in [0.15, 0.2) is 0 Å². The molecule has 0 aliphatic carbocycles. The van der Waals surface area contributed by atoms with Crippen molar-refractivity contribution >= 4 is 43.9 Å². The average molecular weight is 867 g/mol. The van der Waals surface area contributed by atoms with Crippen molar-refractivity contribution in [3.63, 3.8) is 0 Å². The van der Waals surface area contributed by atoms with Gasteiger partial charge in [-0.25, -0.2) is 0 Å². The van der Waals surface area contributed by atoms with Gasteiger partial charge in [-0.05, 0) is 168 Å². The molecule has 0 bridgehead atoms. The molecule has 13 aromatic rings. The molecule has 0 radical (unpaired) electrons. The van der Waals surface area contributed by atoms with Crippen LogP contribution in [-0.4, -0.2) is 0 Å². The fourth-order valence-electron chi connectivity index (χ4n) is 9.96. The maximum Gasteiger partial charge on any atom is 0.135 e. The molecule has 0 amide bonds. The topological polar surface area (TPSA) is 26.3 Å². The lowest BCUT2D eigenvalue weighted by atomic mass is 9.93. The van der Waals surface area contributed by atoms with Crippen LogP contribution >= 0.6 is 0 Å². The van der Waals surface area contributed by atoms with E-state index in [0.29, 0.717) is 0 Å². The summed E-state index contributed by atoms with van der Waals surface area (Å²) in [6.07, 6.45) is 0. The zero-order valence-electron chi connectivity index (χ0n) is 37.1. The number of hydrogen-bond donors (Lipinski definition) is 0. The van der Waals surface area contributed by atoms with Crippen molar-refractivity contribution in [2.24, 2.45) is 0 Å². The maximum atomic E-state index is 6.11. The molecular formula is C66H42O2. The highest BCUT2D eigenvalue weighted by Gasteiger charge is 2.13. The molecule has 2 aromatic heterocycles. The zero-order valence-corrected chi connectivity index (χ0v) is 37.1. The minimum Gasteiger partial charge on any atom is -0.456 e. The molecule has 13 rings (SSSR count). The first kappa shape index (κ1) is 39.4. The molecule has 2 nitrogen and oxygen atoms in total. The number of hydrogen-bond acceptors (Lipinski definition) is 2. The lowest BCUT2D eigenvalue weighted by molar-refractivity contribution is 0.668. The molecule has 0 N–H and O–H groups in total. The molecule has 2 heterocycles. The molecule has 0 atom stereocenters. The van der Waals surface area contributed by atoms with Crippen molar-refractivity contribution in [1.29, 1.82) is 0 Å². The molecule has 0 aliphatic rings. The van der Waals surface area contributed by atoms with Crippen molar-refractivity contribution < 1.29 is 8.83 Å². The summed E-state index contributed by atoms with van der Waals surface area (Å²) in [6, 6.07) is 91.7. The number of furan rings is 2. The van der Waals surface area contributed by atoms with Gasteiger partial charge in [0.25, 0.3) is 0 Å². The Bertz CT molecular complexity index is 3790. The van der Waals surface area contributed by atoms with Gasteiger partial charge < -0.3 is 8.83 Å². The molecule has 11 aromatic carbocycles. The van der Waals surface area contributed by atoms with E-state index in [9.17, 15) is 0 Å². The number of rotatable bonds is 8. The van der Waals surface area contributed by atoms with E-state index in [2.05, 4.69) is 231 Å². The third-order valence-corrected chi connectivity index (χ3v) is 13.5. The average Bonchev–Trinajstić information content (AvgIpc) is 3.99. The van der Waals surface area contributed by atoms with Gasteiger partial charge >= 0.3 is 0 Å². The van der Waals surface area contributed by atoms with Crippen molar-refractivity contribution in [2.75, 3.05) is 0 Å². The smallest absolute Gasteiger partial charge is 0.135 e. The van der Waals surface area contributed by atoms with Gasteiger partial charge in [-0.2, -0.15) is 0 Å². The lowest BCUT2D eigenvalue weighted by Gasteiger charge is -2.12. The summed E-state index contributed by atoms with van der Waals surface area (Å²) >= 11 is 0. The van der Waals surface area contributed by atoms with Gasteiger partial charge in [0, 0.05) is 21.5 Å². The van der Waals surface area contributed by atoms with E-state index >= 15 is 0 Å². The predicted molar refractivity (Wildman–Crippen MR) is 284 cm³/mol. The minimum atomic E-state index is 0.910. The zero-order chi connectivity index (χ0) is 45.0. The predicted octanol–water partition coefficient (Wildman–Crippen LogP) is 18.8. The number of benzene rings is 11. The third-order valence-electron chi connectivity index (χ3n) is 13.5. The van der Waals surface area contributed by atoms with Crippen molar-refractivity contribution in [2.45, 2.75) is 0 Å². The first-order valence-corrected chi connectivity index (χ1v) is 23.2. The van der Waals surface area contributed by atoms with Gasteiger partial charge in [0.1, 0.15) is 22.3 Å². The summed E-state index contributed by atoms with van der Waals surface area (Å²) in [4.78, 5) is 0. The first-order chi connectivity index (χ1) is 33.6. The van der Waals surface area contributed by atoms with Crippen LogP contribution in [0.5, 0.6) is 0 Å². The van der Waals surface area contributed by atoms with Crippen LogP contribution in [0.15, 0.2) is 264 Å². The number of para-hydroxylation sites is 2. The van der Waals surface area contributed by atoms with Crippen LogP contribution in [0.4, 0.5) is 0 Å². The van der Waals surface area contributed by atoms with Crippen molar-refractivity contribution in [1.82, 2.24) is 0 Å². The van der Waals surface area contributed by atoms with Gasteiger partial charge in [-0.3, -0.25) is 0 Å². The Labute approximate surface area is 394 Å². The molecule has 2 heteroatoms. The van der Waals surface area contributed by atoms with Crippen LogP contribution < -0.4 is 0 Å².